The smallest absolute Gasteiger partial charge is 0.333 e. The molecule has 0 aliphatic rings. The molecule has 0 saturated heterocycles. The highest BCUT2D eigenvalue weighted by atomic mass is 16.5. The monoisotopic (exact) mass is 328 g/mol. The molecule has 1 aromatic heterocycles. The topological polar surface area (TPSA) is 86.1 Å². The zero-order chi connectivity index (χ0) is 17.5. The van der Waals surface area contributed by atoms with Crippen molar-refractivity contribution in [3.05, 3.63) is 53.4 Å². The van der Waals surface area contributed by atoms with Crippen LogP contribution in [-0.2, 0) is 16.0 Å². The first-order valence-electron chi connectivity index (χ1n) is 7.60. The van der Waals surface area contributed by atoms with Crippen molar-refractivity contribution in [2.45, 2.75) is 20.3 Å². The van der Waals surface area contributed by atoms with Crippen molar-refractivity contribution < 1.29 is 14.3 Å². The number of hydrogen-bond donors (Lipinski definition) is 1. The van der Waals surface area contributed by atoms with Crippen molar-refractivity contribution in [3.8, 4) is 5.69 Å². The molecule has 24 heavy (non-hydrogen) atoms. The number of para-hydroxylation sites is 1. The molecule has 1 N–H and O–H groups in total. The second kappa shape index (κ2) is 8.05. The molecule has 0 spiro atoms. The minimum absolute atomic E-state index is 0.207. The lowest BCUT2D eigenvalue weighted by atomic mass is 10.1. The average Bonchev–Trinajstić information content (AvgIpc) is 3.10. The van der Waals surface area contributed by atoms with Crippen molar-refractivity contribution >= 4 is 11.9 Å². The van der Waals surface area contributed by atoms with Gasteiger partial charge >= 0.3 is 5.97 Å². The molecule has 126 valence electrons. The van der Waals surface area contributed by atoms with Gasteiger partial charge in [0.1, 0.15) is 0 Å². The van der Waals surface area contributed by atoms with Crippen molar-refractivity contribution in [3.63, 3.8) is 0 Å². The Balaban J connectivity index is 2.05. The second-order valence-electron chi connectivity index (χ2n) is 5.12. The van der Waals surface area contributed by atoms with Gasteiger partial charge in [-0.3, -0.25) is 4.79 Å². The quantitative estimate of drug-likeness (QED) is 0.644. The van der Waals surface area contributed by atoms with E-state index in [1.54, 1.807) is 23.9 Å². The van der Waals surface area contributed by atoms with Crippen LogP contribution >= 0.6 is 0 Å². The molecular weight excluding hydrogens is 308 g/mol. The molecule has 2 rings (SSSR count). The number of ether oxygens (including phenoxy) is 1. The minimum Gasteiger partial charge on any atom is -0.466 e. The molecule has 0 bridgehead atoms. The predicted octanol–water partition coefficient (Wildman–Crippen LogP) is 1.68. The lowest BCUT2D eigenvalue weighted by molar-refractivity contribution is -0.136. The number of benzene rings is 1. The molecule has 0 saturated carbocycles. The van der Waals surface area contributed by atoms with E-state index in [9.17, 15) is 9.59 Å². The van der Waals surface area contributed by atoms with E-state index in [2.05, 4.69) is 27.3 Å². The number of aryl methyl sites for hydroxylation is 1. The number of nitrogens with one attached hydrogen (secondary N) is 1. The van der Waals surface area contributed by atoms with Crippen molar-refractivity contribution in [2.24, 2.45) is 0 Å². The fourth-order valence-corrected chi connectivity index (χ4v) is 2.15. The Kier molecular flexibility index (Phi) is 5.83. The van der Waals surface area contributed by atoms with E-state index in [0.29, 0.717) is 5.57 Å². The van der Waals surface area contributed by atoms with E-state index >= 15 is 0 Å². The van der Waals surface area contributed by atoms with Gasteiger partial charge in [0.25, 0.3) is 5.91 Å². The van der Waals surface area contributed by atoms with E-state index in [1.165, 1.54) is 7.11 Å². The number of esters is 1. The number of carbonyl (C=O) groups excluding carboxylic acids is 2. The number of nitrogens with zero attached hydrogens (tertiary/aromatic N) is 3. The van der Waals surface area contributed by atoms with Gasteiger partial charge in [-0.05, 0) is 25.0 Å². The summed E-state index contributed by atoms with van der Waals surface area (Å²) in [4.78, 5) is 23.3. The first-order chi connectivity index (χ1) is 11.6. The fraction of sp³-hybridized carbons (Fsp3) is 0.294. The third kappa shape index (κ3) is 4.07. The number of amides is 1. The molecule has 0 aliphatic carbocycles. The first-order valence-corrected chi connectivity index (χ1v) is 7.60. The summed E-state index contributed by atoms with van der Waals surface area (Å²) in [5.74, 6) is -0.782. The van der Waals surface area contributed by atoms with E-state index in [-0.39, 0.29) is 18.1 Å². The Bertz CT molecular complexity index is 765. The Morgan fingerprint density at radius 3 is 2.79 bits per heavy atom. The Morgan fingerprint density at radius 1 is 1.33 bits per heavy atom. The number of aromatic nitrogens is 3. The molecular formula is C17H20N4O3. The van der Waals surface area contributed by atoms with Gasteiger partial charge in [-0.25, -0.2) is 9.48 Å². The van der Waals surface area contributed by atoms with Crippen LogP contribution in [0, 0.1) is 0 Å². The van der Waals surface area contributed by atoms with Gasteiger partial charge in [0, 0.05) is 12.1 Å². The number of hydrogen-bond acceptors (Lipinski definition) is 5. The van der Waals surface area contributed by atoms with E-state index < -0.39 is 5.97 Å². The summed E-state index contributed by atoms with van der Waals surface area (Å²) in [6, 6.07) is 7.81. The maximum Gasteiger partial charge on any atom is 0.333 e. The van der Waals surface area contributed by atoms with Crippen LogP contribution in [0.25, 0.3) is 5.69 Å². The third-order valence-corrected chi connectivity index (χ3v) is 3.52. The van der Waals surface area contributed by atoms with Crippen molar-refractivity contribution in [1.82, 2.24) is 20.3 Å². The highest BCUT2D eigenvalue weighted by Gasteiger charge is 2.12. The lowest BCUT2D eigenvalue weighted by Gasteiger charge is -2.05. The van der Waals surface area contributed by atoms with Crippen molar-refractivity contribution in [1.29, 1.82) is 0 Å². The van der Waals surface area contributed by atoms with Crippen LogP contribution in [0.3, 0.4) is 0 Å². The summed E-state index contributed by atoms with van der Waals surface area (Å²) in [7, 11) is 1.31. The number of rotatable bonds is 6. The molecule has 0 fully saturated rings. The van der Waals surface area contributed by atoms with Gasteiger partial charge in [0.05, 0.1) is 19.0 Å². The van der Waals surface area contributed by atoms with Gasteiger partial charge in [-0.2, -0.15) is 0 Å². The highest BCUT2D eigenvalue weighted by molar-refractivity contribution is 5.92. The standard InChI is InChI=1S/C17H20N4O3/c1-4-13-7-5-6-8-15(13)21-11-14(19-20-21)16(22)18-10-9-12(2)17(23)24-3/h5-9,11H,4,10H2,1-3H3,(H,18,22). The number of methoxy groups -OCH3 is 1. The second-order valence-corrected chi connectivity index (χ2v) is 5.12. The summed E-state index contributed by atoms with van der Waals surface area (Å²) in [6.07, 6.45) is 4.02. The molecule has 1 heterocycles. The summed E-state index contributed by atoms with van der Waals surface area (Å²) in [6.45, 7) is 3.88. The Hall–Kier alpha value is -2.96. The molecule has 0 aliphatic heterocycles. The molecule has 2 aromatic rings. The molecule has 0 atom stereocenters. The van der Waals surface area contributed by atoms with E-state index in [4.69, 9.17) is 0 Å². The maximum atomic E-state index is 12.1. The van der Waals surface area contributed by atoms with Crippen LogP contribution in [0.5, 0.6) is 0 Å². The fourth-order valence-electron chi connectivity index (χ4n) is 2.15. The molecule has 7 heteroatoms. The zero-order valence-corrected chi connectivity index (χ0v) is 13.9. The Labute approximate surface area is 140 Å². The first kappa shape index (κ1) is 17.4. The molecule has 0 unspecified atom stereocenters. The van der Waals surface area contributed by atoms with Crippen molar-refractivity contribution in [2.75, 3.05) is 13.7 Å². The Morgan fingerprint density at radius 2 is 2.08 bits per heavy atom. The summed E-state index contributed by atoms with van der Waals surface area (Å²) >= 11 is 0. The SMILES string of the molecule is CCc1ccccc1-n1cc(C(=O)NCC=C(C)C(=O)OC)nn1. The minimum atomic E-state index is -0.425. The number of carbonyl (C=O) groups is 2. The van der Waals surface area contributed by atoms with Crippen LogP contribution < -0.4 is 5.32 Å². The molecule has 1 amide bonds. The normalized spacial score (nSPS) is 11.2. The average molecular weight is 328 g/mol. The maximum absolute atomic E-state index is 12.1. The lowest BCUT2D eigenvalue weighted by Crippen LogP contribution is -2.24. The van der Waals surface area contributed by atoms with Crippen LogP contribution in [0.1, 0.15) is 29.9 Å². The zero-order valence-electron chi connectivity index (χ0n) is 13.9. The van der Waals surface area contributed by atoms with Crippen LogP contribution in [0.4, 0.5) is 0 Å². The van der Waals surface area contributed by atoms with Crippen LogP contribution in [-0.4, -0.2) is 40.5 Å². The molecule has 0 radical (unpaired) electrons. The summed E-state index contributed by atoms with van der Waals surface area (Å²) < 4.78 is 6.17. The van der Waals surface area contributed by atoms with Crippen LogP contribution in [0.15, 0.2) is 42.1 Å². The van der Waals surface area contributed by atoms with Gasteiger partial charge in [0.15, 0.2) is 5.69 Å². The van der Waals surface area contributed by atoms with E-state index in [1.807, 2.05) is 24.3 Å². The van der Waals surface area contributed by atoms with Gasteiger partial charge in [-0.1, -0.05) is 36.4 Å². The summed E-state index contributed by atoms with van der Waals surface area (Å²) in [5, 5.41) is 10.6. The van der Waals surface area contributed by atoms with Gasteiger partial charge < -0.3 is 10.1 Å². The van der Waals surface area contributed by atoms with Gasteiger partial charge in [0.2, 0.25) is 0 Å². The van der Waals surface area contributed by atoms with Gasteiger partial charge in [-0.15, -0.1) is 5.10 Å². The summed E-state index contributed by atoms with van der Waals surface area (Å²) in [5.41, 5.74) is 2.65. The predicted molar refractivity (Wildman–Crippen MR) is 88.8 cm³/mol. The molecule has 7 nitrogen and oxygen atoms in total. The third-order valence-electron chi connectivity index (χ3n) is 3.52. The van der Waals surface area contributed by atoms with E-state index in [0.717, 1.165) is 17.7 Å². The largest absolute Gasteiger partial charge is 0.466 e. The highest BCUT2D eigenvalue weighted by Crippen LogP contribution is 2.14. The molecule has 1 aromatic carbocycles. The van der Waals surface area contributed by atoms with Crippen LogP contribution in [0.2, 0.25) is 0 Å².